The smallest absolute Gasteiger partial charge is 0.273 e. The summed E-state index contributed by atoms with van der Waals surface area (Å²) in [5.41, 5.74) is 0.344. The van der Waals surface area contributed by atoms with Gasteiger partial charge in [-0.3, -0.25) is 24.0 Å². The molecule has 1 aliphatic rings. The van der Waals surface area contributed by atoms with E-state index in [9.17, 15) is 23.2 Å². The summed E-state index contributed by atoms with van der Waals surface area (Å²) in [5, 5.41) is 10.7. The van der Waals surface area contributed by atoms with E-state index < -0.39 is 29.0 Å². The maximum atomic E-state index is 14.3. The van der Waals surface area contributed by atoms with Crippen molar-refractivity contribution >= 4 is 28.5 Å². The van der Waals surface area contributed by atoms with E-state index in [1.165, 1.54) is 16.8 Å². The Morgan fingerprint density at radius 3 is 2.61 bits per heavy atom. The average molecular weight is 526 g/mol. The Bertz CT molecular complexity index is 1350. The molecule has 1 aromatic heterocycles. The first-order chi connectivity index (χ1) is 18.0. The van der Waals surface area contributed by atoms with Crippen LogP contribution in [-0.4, -0.2) is 64.5 Å². The molecule has 2 N–H and O–H groups in total. The van der Waals surface area contributed by atoms with Gasteiger partial charge in [0.2, 0.25) is 5.91 Å². The van der Waals surface area contributed by atoms with Crippen molar-refractivity contribution in [1.29, 1.82) is 0 Å². The molecule has 4 rings (SSSR count). The molecule has 0 saturated carbocycles. The molecule has 2 heterocycles. The summed E-state index contributed by atoms with van der Waals surface area (Å²) in [5.74, 6) is -2.03. The minimum atomic E-state index is -0.851. The van der Waals surface area contributed by atoms with E-state index in [1.54, 1.807) is 24.3 Å². The third kappa shape index (κ3) is 6.42. The summed E-state index contributed by atoms with van der Waals surface area (Å²) in [6.07, 6.45) is 1.42. The van der Waals surface area contributed by atoms with E-state index in [2.05, 4.69) is 15.7 Å². The fraction of sp³-hybridized carbons (Fsp3) is 0.429. The predicted molar refractivity (Wildman–Crippen MR) is 140 cm³/mol. The van der Waals surface area contributed by atoms with E-state index in [4.69, 9.17) is 0 Å². The van der Waals surface area contributed by atoms with Crippen LogP contribution in [0.2, 0.25) is 0 Å². The number of aromatic nitrogens is 2. The second-order valence-electron chi connectivity index (χ2n) is 10.7. The van der Waals surface area contributed by atoms with Crippen LogP contribution in [0.3, 0.4) is 0 Å². The fourth-order valence-electron chi connectivity index (χ4n) is 4.64. The number of halogens is 2. The molecule has 1 saturated heterocycles. The summed E-state index contributed by atoms with van der Waals surface area (Å²) < 4.78 is 29.2. The third-order valence-electron chi connectivity index (χ3n) is 6.67. The van der Waals surface area contributed by atoms with Gasteiger partial charge in [0.15, 0.2) is 5.69 Å². The van der Waals surface area contributed by atoms with Crippen LogP contribution in [0.1, 0.15) is 49.7 Å². The van der Waals surface area contributed by atoms with Crippen LogP contribution in [-0.2, 0) is 16.1 Å². The van der Waals surface area contributed by atoms with E-state index in [-0.39, 0.29) is 29.5 Å². The maximum absolute atomic E-state index is 14.3. The van der Waals surface area contributed by atoms with Crippen molar-refractivity contribution in [2.45, 2.75) is 46.2 Å². The van der Waals surface area contributed by atoms with E-state index in [1.807, 2.05) is 25.7 Å². The molecular weight excluding hydrogens is 492 g/mol. The van der Waals surface area contributed by atoms with Gasteiger partial charge in [0, 0.05) is 36.5 Å². The zero-order valence-electron chi connectivity index (χ0n) is 21.9. The van der Waals surface area contributed by atoms with Crippen molar-refractivity contribution in [2.24, 2.45) is 5.41 Å². The topological polar surface area (TPSA) is 96.3 Å². The van der Waals surface area contributed by atoms with Gasteiger partial charge in [-0.05, 0) is 30.5 Å². The molecule has 10 heteroatoms. The number of carbonyl (C=O) groups excluding carboxylic acids is 3. The number of carbonyl (C=O) groups is 3. The predicted octanol–water partition coefficient (Wildman–Crippen LogP) is 3.29. The number of Topliss-reactive ketones (excluding diaryl/α,β-unsaturated/α-hetero) is 1. The first-order valence-electron chi connectivity index (χ1n) is 12.7. The highest BCUT2D eigenvalue weighted by Gasteiger charge is 2.34. The Morgan fingerprint density at radius 1 is 1.13 bits per heavy atom. The highest BCUT2D eigenvalue weighted by Crippen LogP contribution is 2.23. The molecule has 2 aromatic carbocycles. The van der Waals surface area contributed by atoms with E-state index in [0.29, 0.717) is 37.0 Å². The lowest BCUT2D eigenvalue weighted by molar-refractivity contribution is -0.125. The van der Waals surface area contributed by atoms with Crippen molar-refractivity contribution in [1.82, 2.24) is 25.3 Å². The number of piperidine rings is 1. The van der Waals surface area contributed by atoms with Crippen LogP contribution >= 0.6 is 0 Å². The molecule has 202 valence electrons. The van der Waals surface area contributed by atoms with Crippen LogP contribution in [0.15, 0.2) is 42.5 Å². The van der Waals surface area contributed by atoms with Crippen molar-refractivity contribution < 1.29 is 23.2 Å². The molecule has 3 aromatic rings. The summed E-state index contributed by atoms with van der Waals surface area (Å²) in [6, 6.07) is 9.53. The quantitative estimate of drug-likeness (QED) is 0.471. The summed E-state index contributed by atoms with van der Waals surface area (Å²) in [6.45, 7) is 7.69. The maximum Gasteiger partial charge on any atom is 0.273 e. The SMILES string of the molecule is CC(C)(C)C(NC(=O)c1nn(Cc2ccc(F)cc2F)c2ccccc12)C(=O)NCCN1CCCC(=O)C1. The number of benzene rings is 2. The van der Waals surface area contributed by atoms with Gasteiger partial charge in [0.25, 0.3) is 5.91 Å². The fourth-order valence-corrected chi connectivity index (χ4v) is 4.64. The molecule has 1 unspecified atom stereocenters. The minimum absolute atomic E-state index is 0.00208. The molecule has 1 atom stereocenters. The molecule has 1 aliphatic heterocycles. The first-order valence-corrected chi connectivity index (χ1v) is 12.7. The van der Waals surface area contributed by atoms with Gasteiger partial charge >= 0.3 is 0 Å². The molecular formula is C28H33F2N5O3. The Kier molecular flexibility index (Phi) is 8.20. The highest BCUT2D eigenvalue weighted by atomic mass is 19.1. The monoisotopic (exact) mass is 525 g/mol. The number of rotatable bonds is 8. The molecule has 0 spiro atoms. The van der Waals surface area contributed by atoms with Gasteiger partial charge in [-0.1, -0.05) is 45.0 Å². The van der Waals surface area contributed by atoms with Gasteiger partial charge in [-0.2, -0.15) is 5.10 Å². The zero-order valence-corrected chi connectivity index (χ0v) is 21.9. The van der Waals surface area contributed by atoms with E-state index in [0.717, 1.165) is 19.0 Å². The molecule has 0 radical (unpaired) electrons. The largest absolute Gasteiger partial charge is 0.353 e. The Morgan fingerprint density at radius 2 is 1.89 bits per heavy atom. The molecule has 38 heavy (non-hydrogen) atoms. The average Bonchev–Trinajstić information content (AvgIpc) is 3.22. The second-order valence-corrected chi connectivity index (χ2v) is 10.7. The van der Waals surface area contributed by atoms with Crippen LogP contribution in [0, 0.1) is 17.0 Å². The van der Waals surface area contributed by atoms with Gasteiger partial charge in [-0.25, -0.2) is 8.78 Å². The van der Waals surface area contributed by atoms with Gasteiger partial charge < -0.3 is 10.6 Å². The Hall–Kier alpha value is -3.66. The Balaban J connectivity index is 1.50. The van der Waals surface area contributed by atoms with Crippen LogP contribution < -0.4 is 10.6 Å². The third-order valence-corrected chi connectivity index (χ3v) is 6.67. The van der Waals surface area contributed by atoms with Crippen molar-refractivity contribution in [3.05, 3.63) is 65.4 Å². The number of nitrogens with one attached hydrogen (secondary N) is 2. The molecule has 1 fully saturated rings. The molecule has 2 amide bonds. The second kappa shape index (κ2) is 11.4. The van der Waals surface area contributed by atoms with E-state index >= 15 is 0 Å². The number of amides is 2. The number of hydrogen-bond donors (Lipinski definition) is 2. The summed E-state index contributed by atoms with van der Waals surface area (Å²) in [4.78, 5) is 40.2. The van der Waals surface area contributed by atoms with Crippen LogP contribution in [0.5, 0.6) is 0 Å². The highest BCUT2D eigenvalue weighted by molar-refractivity contribution is 6.06. The lowest BCUT2D eigenvalue weighted by Crippen LogP contribution is -2.54. The summed E-state index contributed by atoms with van der Waals surface area (Å²) in [7, 11) is 0. The summed E-state index contributed by atoms with van der Waals surface area (Å²) >= 11 is 0. The van der Waals surface area contributed by atoms with Crippen LogP contribution in [0.4, 0.5) is 8.78 Å². The normalized spacial score (nSPS) is 15.4. The lowest BCUT2D eigenvalue weighted by atomic mass is 9.86. The standard InChI is InChI=1S/C28H33F2N5O3/c1-28(2,3)25(27(38)31-12-14-34-13-6-7-20(36)17-34)32-26(37)24-21-8-4-5-9-23(21)35(33-24)16-18-10-11-19(29)15-22(18)30/h4-5,8-11,15,25H,6-7,12-14,16-17H2,1-3H3,(H,31,38)(H,32,37). The van der Waals surface area contributed by atoms with Crippen molar-refractivity contribution in [3.8, 4) is 0 Å². The lowest BCUT2D eigenvalue weighted by Gasteiger charge is -2.31. The molecule has 0 aliphatic carbocycles. The number of nitrogens with zero attached hydrogens (tertiary/aromatic N) is 3. The molecule has 8 nitrogen and oxygen atoms in total. The Labute approximate surface area is 220 Å². The number of para-hydroxylation sites is 1. The molecule has 0 bridgehead atoms. The number of likely N-dealkylation sites (tertiary alicyclic amines) is 1. The van der Waals surface area contributed by atoms with Crippen LogP contribution in [0.25, 0.3) is 10.9 Å². The van der Waals surface area contributed by atoms with Crippen molar-refractivity contribution in [2.75, 3.05) is 26.2 Å². The van der Waals surface area contributed by atoms with Gasteiger partial charge in [-0.15, -0.1) is 0 Å². The number of fused-ring (bicyclic) bond motifs is 1. The zero-order chi connectivity index (χ0) is 27.4. The number of ketones is 1. The minimum Gasteiger partial charge on any atom is -0.353 e. The van der Waals surface area contributed by atoms with Gasteiger partial charge in [0.05, 0.1) is 18.6 Å². The first kappa shape index (κ1) is 27.4. The number of hydrogen-bond acceptors (Lipinski definition) is 5. The van der Waals surface area contributed by atoms with Gasteiger partial charge in [0.1, 0.15) is 23.5 Å². The van der Waals surface area contributed by atoms with Crippen molar-refractivity contribution in [3.63, 3.8) is 0 Å².